The topological polar surface area (TPSA) is 140 Å². The molecule has 0 bridgehead atoms. The third-order valence-electron chi connectivity index (χ3n) is 4.02. The molecule has 5 N–H and O–H groups in total. The zero-order valence-electron chi connectivity index (χ0n) is 14.2. The van der Waals surface area contributed by atoms with Gasteiger partial charge in [-0.1, -0.05) is 17.7 Å². The highest BCUT2D eigenvalue weighted by molar-refractivity contribution is 7.92. The smallest absolute Gasteiger partial charge is 0.281 e. The van der Waals surface area contributed by atoms with Crippen molar-refractivity contribution >= 4 is 67.7 Å². The van der Waals surface area contributed by atoms with Gasteiger partial charge in [-0.15, -0.1) is 28.8 Å². The van der Waals surface area contributed by atoms with E-state index in [1.54, 1.807) is 23.7 Å². The van der Waals surface area contributed by atoms with E-state index in [0.717, 1.165) is 17.5 Å². The molecule has 0 fully saturated rings. The number of hydrogen-bond acceptors (Lipinski definition) is 6. The van der Waals surface area contributed by atoms with Crippen molar-refractivity contribution in [1.82, 2.24) is 9.38 Å². The summed E-state index contributed by atoms with van der Waals surface area (Å²) in [5.74, 6) is -0.136. The molecule has 148 valence electrons. The maximum Gasteiger partial charge on any atom is 0.281 e. The van der Waals surface area contributed by atoms with Crippen molar-refractivity contribution in [3.05, 3.63) is 46.1 Å². The lowest BCUT2D eigenvalue weighted by Crippen LogP contribution is -2.22. The Morgan fingerprint density at radius 2 is 2.11 bits per heavy atom. The summed E-state index contributed by atoms with van der Waals surface area (Å²) in [7, 11) is -3.94. The Bertz CT molecular complexity index is 1210. The molecule has 13 heteroatoms. The van der Waals surface area contributed by atoms with Crippen molar-refractivity contribution < 1.29 is 8.42 Å². The van der Waals surface area contributed by atoms with E-state index in [0.29, 0.717) is 22.8 Å². The van der Waals surface area contributed by atoms with Crippen molar-refractivity contribution in [2.24, 2.45) is 21.7 Å². The van der Waals surface area contributed by atoms with Gasteiger partial charge < -0.3 is 11.5 Å². The molecule has 3 aromatic rings. The predicted octanol–water partition coefficient (Wildman–Crippen LogP) is 2.20. The van der Waals surface area contributed by atoms with Crippen LogP contribution in [-0.2, 0) is 16.4 Å². The Morgan fingerprint density at radius 1 is 1.32 bits per heavy atom. The number of sulfonamides is 1. The Morgan fingerprint density at radius 3 is 2.86 bits per heavy atom. The molecule has 0 radical (unpaired) electrons. The fourth-order valence-corrected chi connectivity index (χ4v) is 5.42. The summed E-state index contributed by atoms with van der Waals surface area (Å²) in [4.78, 5) is 4.56. The van der Waals surface area contributed by atoms with Gasteiger partial charge in [0.15, 0.2) is 15.1 Å². The minimum Gasteiger partial charge on any atom is -0.369 e. The van der Waals surface area contributed by atoms with Crippen molar-refractivity contribution in [3.8, 4) is 0 Å². The first kappa shape index (κ1) is 20.4. The molecule has 1 aliphatic carbocycles. The fourth-order valence-electron chi connectivity index (χ4n) is 2.92. The van der Waals surface area contributed by atoms with Gasteiger partial charge in [0.05, 0.1) is 5.71 Å². The van der Waals surface area contributed by atoms with E-state index in [1.807, 2.05) is 6.07 Å². The summed E-state index contributed by atoms with van der Waals surface area (Å²) in [5, 5.41) is 9.28. The third kappa shape index (κ3) is 3.65. The van der Waals surface area contributed by atoms with Crippen LogP contribution in [0.25, 0.3) is 4.96 Å². The van der Waals surface area contributed by atoms with Crippen LogP contribution in [0.2, 0.25) is 5.15 Å². The minimum absolute atomic E-state index is 0. The van der Waals surface area contributed by atoms with Crippen molar-refractivity contribution in [2.45, 2.75) is 17.9 Å². The summed E-state index contributed by atoms with van der Waals surface area (Å²) in [6.45, 7) is 0. The molecule has 4 rings (SSSR count). The molecule has 2 aromatic heterocycles. The molecule has 0 aliphatic heterocycles. The number of anilines is 1. The van der Waals surface area contributed by atoms with Crippen molar-refractivity contribution in [3.63, 3.8) is 0 Å². The number of rotatable bonds is 4. The third-order valence-corrected chi connectivity index (χ3v) is 6.56. The first-order valence-electron chi connectivity index (χ1n) is 7.78. The van der Waals surface area contributed by atoms with E-state index in [1.165, 1.54) is 15.7 Å². The van der Waals surface area contributed by atoms with Crippen LogP contribution in [0.15, 0.2) is 45.0 Å². The van der Waals surface area contributed by atoms with Gasteiger partial charge in [0.1, 0.15) is 0 Å². The van der Waals surface area contributed by atoms with Gasteiger partial charge in [-0.25, -0.2) is 4.98 Å². The van der Waals surface area contributed by atoms with Gasteiger partial charge in [0.2, 0.25) is 5.96 Å². The number of nitrogens with zero attached hydrogens (tertiary/aromatic N) is 4. The number of thiazole rings is 1. The Labute approximate surface area is 175 Å². The Hall–Kier alpha value is -2.34. The molecule has 2 heterocycles. The van der Waals surface area contributed by atoms with E-state index in [4.69, 9.17) is 23.1 Å². The lowest BCUT2D eigenvalue weighted by Gasteiger charge is -2.09. The zero-order chi connectivity index (χ0) is 19.2. The molecule has 0 atom stereocenters. The summed E-state index contributed by atoms with van der Waals surface area (Å²) in [6, 6.07) is 5.25. The van der Waals surface area contributed by atoms with Gasteiger partial charge >= 0.3 is 0 Å². The number of aromatic nitrogens is 2. The normalized spacial score (nSPS) is 14.7. The lowest BCUT2D eigenvalue weighted by molar-refractivity contribution is 0.596. The average molecular weight is 460 g/mol. The summed E-state index contributed by atoms with van der Waals surface area (Å²) in [5.41, 5.74) is 13.6. The van der Waals surface area contributed by atoms with Crippen LogP contribution < -0.4 is 16.2 Å². The molecular weight excluding hydrogens is 445 g/mol. The number of fused-ring (bicyclic) bond motifs is 2. The second-order valence-corrected chi connectivity index (χ2v) is 8.64. The highest BCUT2D eigenvalue weighted by atomic mass is 35.5. The van der Waals surface area contributed by atoms with E-state index in [9.17, 15) is 8.42 Å². The molecule has 0 saturated heterocycles. The van der Waals surface area contributed by atoms with Gasteiger partial charge in [-0.2, -0.15) is 13.5 Å². The highest BCUT2D eigenvalue weighted by Crippen LogP contribution is 2.30. The second kappa shape index (κ2) is 7.59. The number of hydrogen-bond donors (Lipinski definition) is 3. The Balaban J connectivity index is 0.00000225. The van der Waals surface area contributed by atoms with Crippen LogP contribution in [0.1, 0.15) is 17.5 Å². The summed E-state index contributed by atoms with van der Waals surface area (Å²) < 4.78 is 29.7. The van der Waals surface area contributed by atoms with Crippen LogP contribution in [0.3, 0.4) is 0 Å². The predicted molar refractivity (Wildman–Crippen MR) is 113 cm³/mol. The molecule has 0 spiro atoms. The summed E-state index contributed by atoms with van der Waals surface area (Å²) >= 11 is 7.34. The standard InChI is InChI=1S/C15H14ClN7O2S2.ClH/c16-12-13(23-5-6-26-15(23)19-12)27(24,25)22-9-3-1-8-2-4-11(10(8)7-9)20-21-14(17)18;/h1,3,5-7,22H,2,4H2,(H4,17,18,21);1H/b20-11+;. The van der Waals surface area contributed by atoms with E-state index in [2.05, 4.69) is 19.9 Å². The van der Waals surface area contributed by atoms with Crippen molar-refractivity contribution in [2.75, 3.05) is 4.72 Å². The van der Waals surface area contributed by atoms with Gasteiger partial charge in [-0.05, 0) is 30.5 Å². The molecule has 1 aromatic carbocycles. The molecule has 0 unspecified atom stereocenters. The molecule has 28 heavy (non-hydrogen) atoms. The van der Waals surface area contributed by atoms with Crippen LogP contribution in [0.5, 0.6) is 0 Å². The molecule has 0 amide bonds. The zero-order valence-corrected chi connectivity index (χ0v) is 17.4. The molecule has 0 saturated carbocycles. The van der Waals surface area contributed by atoms with Crippen LogP contribution in [0.4, 0.5) is 5.69 Å². The van der Waals surface area contributed by atoms with E-state index in [-0.39, 0.29) is 28.5 Å². The number of halogens is 2. The number of benzene rings is 1. The number of aryl methyl sites for hydroxylation is 1. The number of guanidine groups is 1. The highest BCUT2D eigenvalue weighted by Gasteiger charge is 2.26. The quantitative estimate of drug-likeness (QED) is 0.311. The Kier molecular flexibility index (Phi) is 5.53. The minimum atomic E-state index is -3.94. The van der Waals surface area contributed by atoms with Gasteiger partial charge in [0, 0.05) is 22.8 Å². The van der Waals surface area contributed by atoms with E-state index >= 15 is 0 Å². The maximum atomic E-state index is 12.9. The second-order valence-electron chi connectivity index (χ2n) is 5.81. The van der Waals surface area contributed by atoms with Gasteiger partial charge in [-0.3, -0.25) is 9.12 Å². The van der Waals surface area contributed by atoms with Crippen LogP contribution in [0, 0.1) is 0 Å². The van der Waals surface area contributed by atoms with Crippen molar-refractivity contribution in [1.29, 1.82) is 0 Å². The monoisotopic (exact) mass is 459 g/mol. The molecule has 1 aliphatic rings. The van der Waals surface area contributed by atoms with Crippen LogP contribution in [-0.4, -0.2) is 29.5 Å². The first-order valence-corrected chi connectivity index (χ1v) is 10.5. The fraction of sp³-hybridized carbons (Fsp3) is 0.133. The molecule has 9 nitrogen and oxygen atoms in total. The first-order chi connectivity index (χ1) is 12.8. The largest absolute Gasteiger partial charge is 0.369 e. The number of nitrogens with one attached hydrogen (secondary N) is 1. The van der Waals surface area contributed by atoms with Crippen LogP contribution >= 0.6 is 35.3 Å². The van der Waals surface area contributed by atoms with E-state index < -0.39 is 10.0 Å². The summed E-state index contributed by atoms with van der Waals surface area (Å²) in [6.07, 6.45) is 3.06. The van der Waals surface area contributed by atoms with Gasteiger partial charge in [0.25, 0.3) is 10.0 Å². The average Bonchev–Trinajstić information content (AvgIpc) is 3.26. The molecular formula is C15H15Cl2N7O2S2. The number of imidazole rings is 1. The lowest BCUT2D eigenvalue weighted by atomic mass is 10.1. The SMILES string of the molecule is Cl.NC(N)=N/N=C1\CCc2ccc(NS(=O)(=O)c3c(Cl)nc4sccn34)cc21. The maximum absolute atomic E-state index is 12.9. The number of nitrogens with two attached hydrogens (primary N) is 2.